The number of aromatic hydroxyl groups is 1. The molecule has 0 radical (unpaired) electrons. The summed E-state index contributed by atoms with van der Waals surface area (Å²) in [5.74, 6) is -0.664. The number of rotatable bonds is 4. The first kappa shape index (κ1) is 16.8. The Labute approximate surface area is 131 Å². The van der Waals surface area contributed by atoms with E-state index in [9.17, 15) is 15.0 Å². The molecule has 0 bridgehead atoms. The second-order valence-corrected chi connectivity index (χ2v) is 7.06. The molecule has 1 fully saturated rings. The summed E-state index contributed by atoms with van der Waals surface area (Å²) in [5.41, 5.74) is 0.747. The number of hydrogen-bond donors (Lipinski definition) is 2. The fraction of sp³-hybridized carbons (Fsp3) is 0.588. The molecule has 5 nitrogen and oxygen atoms in total. The van der Waals surface area contributed by atoms with E-state index in [1.54, 1.807) is 6.07 Å². The summed E-state index contributed by atoms with van der Waals surface area (Å²) >= 11 is 0. The molecule has 0 aromatic heterocycles. The van der Waals surface area contributed by atoms with Gasteiger partial charge < -0.3 is 14.9 Å². The molecule has 2 N–H and O–H groups in total. The van der Waals surface area contributed by atoms with Crippen LogP contribution in [0.2, 0.25) is 0 Å². The Bertz CT molecular complexity index is 564. The van der Waals surface area contributed by atoms with Gasteiger partial charge in [0.15, 0.2) is 5.60 Å². The molecule has 1 aromatic carbocycles. The summed E-state index contributed by atoms with van der Waals surface area (Å²) in [4.78, 5) is 13.4. The van der Waals surface area contributed by atoms with Gasteiger partial charge in [-0.2, -0.15) is 0 Å². The third kappa shape index (κ3) is 3.25. The number of hydrogen-bond acceptors (Lipinski definition) is 4. The van der Waals surface area contributed by atoms with Crippen LogP contribution >= 0.6 is 0 Å². The van der Waals surface area contributed by atoms with Crippen LogP contribution in [0, 0.1) is 0 Å². The van der Waals surface area contributed by atoms with Gasteiger partial charge in [0.05, 0.1) is 0 Å². The maximum Gasteiger partial charge on any atom is 0.337 e. The van der Waals surface area contributed by atoms with E-state index in [2.05, 4.69) is 20.8 Å². The highest BCUT2D eigenvalue weighted by Crippen LogP contribution is 2.31. The smallest absolute Gasteiger partial charge is 0.337 e. The van der Waals surface area contributed by atoms with E-state index < -0.39 is 11.6 Å². The molecule has 2 rings (SSSR count). The summed E-state index contributed by atoms with van der Waals surface area (Å²) in [6, 6.07) is 5.74. The first-order valence-electron chi connectivity index (χ1n) is 7.51. The SMILES string of the molecule is COC1(C(=O)O)CCN(Cc2ccc(C(C)(C)C)cc2O)C1. The molecule has 1 saturated heterocycles. The third-order valence-electron chi connectivity index (χ3n) is 4.44. The Kier molecular flexibility index (Phi) is 4.49. The second kappa shape index (κ2) is 5.89. The van der Waals surface area contributed by atoms with Crippen molar-refractivity contribution < 1.29 is 19.7 Å². The van der Waals surface area contributed by atoms with Crippen LogP contribution < -0.4 is 0 Å². The van der Waals surface area contributed by atoms with E-state index in [0.717, 1.165) is 11.1 Å². The number of nitrogens with zero attached hydrogens (tertiary/aromatic N) is 1. The van der Waals surface area contributed by atoms with Crippen LogP contribution in [-0.4, -0.2) is 46.9 Å². The van der Waals surface area contributed by atoms with E-state index in [1.165, 1.54) is 7.11 Å². The van der Waals surface area contributed by atoms with Crippen LogP contribution in [0.1, 0.15) is 38.3 Å². The minimum Gasteiger partial charge on any atom is -0.508 e. The average molecular weight is 307 g/mol. The largest absolute Gasteiger partial charge is 0.508 e. The van der Waals surface area contributed by atoms with Crippen molar-refractivity contribution in [1.82, 2.24) is 4.90 Å². The molecule has 0 amide bonds. The van der Waals surface area contributed by atoms with E-state index >= 15 is 0 Å². The highest BCUT2D eigenvalue weighted by molar-refractivity contribution is 5.78. The van der Waals surface area contributed by atoms with E-state index in [0.29, 0.717) is 26.1 Å². The number of carboxylic acid groups (broad SMARTS) is 1. The van der Waals surface area contributed by atoms with Gasteiger partial charge in [-0.25, -0.2) is 4.79 Å². The molecule has 1 aliphatic rings. The molecule has 1 atom stereocenters. The predicted molar refractivity (Wildman–Crippen MR) is 84.1 cm³/mol. The van der Waals surface area contributed by atoms with Crippen molar-refractivity contribution in [2.24, 2.45) is 0 Å². The number of phenolic OH excluding ortho intramolecular Hbond substituents is 1. The highest BCUT2D eigenvalue weighted by atomic mass is 16.5. The summed E-state index contributed by atoms with van der Waals surface area (Å²) in [5, 5.41) is 19.6. The molecule has 1 aromatic rings. The molecule has 0 saturated carbocycles. The highest BCUT2D eigenvalue weighted by Gasteiger charge is 2.45. The Balaban J connectivity index is 2.11. The lowest BCUT2D eigenvalue weighted by Crippen LogP contribution is -2.43. The Morgan fingerprint density at radius 1 is 1.41 bits per heavy atom. The van der Waals surface area contributed by atoms with Gasteiger partial charge in [-0.15, -0.1) is 0 Å². The Morgan fingerprint density at radius 2 is 2.09 bits per heavy atom. The number of ether oxygens (including phenoxy) is 1. The van der Waals surface area contributed by atoms with Crippen molar-refractivity contribution in [2.45, 2.75) is 44.8 Å². The van der Waals surface area contributed by atoms with Gasteiger partial charge in [0.2, 0.25) is 0 Å². The molecule has 1 heterocycles. The van der Waals surface area contributed by atoms with Gasteiger partial charge >= 0.3 is 5.97 Å². The molecule has 1 aliphatic heterocycles. The lowest BCUT2D eigenvalue weighted by molar-refractivity contribution is -0.160. The minimum atomic E-state index is -1.12. The Hall–Kier alpha value is -1.59. The lowest BCUT2D eigenvalue weighted by atomic mass is 9.86. The number of likely N-dealkylation sites (tertiary alicyclic amines) is 1. The molecular weight excluding hydrogens is 282 g/mol. The normalized spacial score (nSPS) is 22.9. The van der Waals surface area contributed by atoms with Crippen molar-refractivity contribution in [3.8, 4) is 5.75 Å². The maximum atomic E-state index is 11.4. The predicted octanol–water partition coefficient (Wildman–Crippen LogP) is 2.37. The van der Waals surface area contributed by atoms with Crippen molar-refractivity contribution in [3.05, 3.63) is 29.3 Å². The number of carboxylic acids is 1. The Morgan fingerprint density at radius 3 is 2.55 bits per heavy atom. The van der Waals surface area contributed by atoms with Crippen molar-refractivity contribution >= 4 is 5.97 Å². The van der Waals surface area contributed by atoms with Crippen LogP contribution in [0.3, 0.4) is 0 Å². The molecule has 122 valence electrons. The standard InChI is InChI=1S/C17H25NO4/c1-16(2,3)13-6-5-12(14(19)9-13)10-18-8-7-17(11-18,22-4)15(20)21/h5-6,9,19H,7-8,10-11H2,1-4H3,(H,20,21). The first-order valence-corrected chi connectivity index (χ1v) is 7.51. The van der Waals surface area contributed by atoms with Crippen molar-refractivity contribution in [3.63, 3.8) is 0 Å². The van der Waals surface area contributed by atoms with Crippen LogP contribution in [0.4, 0.5) is 0 Å². The summed E-state index contributed by atoms with van der Waals surface area (Å²) in [6.07, 6.45) is 0.458. The minimum absolute atomic E-state index is 0.0157. The average Bonchev–Trinajstić information content (AvgIpc) is 2.84. The number of aliphatic carboxylic acids is 1. The maximum absolute atomic E-state index is 11.4. The number of methoxy groups -OCH3 is 1. The summed E-state index contributed by atoms with van der Waals surface area (Å²) in [7, 11) is 1.44. The van der Waals surface area contributed by atoms with E-state index in [-0.39, 0.29) is 11.2 Å². The molecule has 22 heavy (non-hydrogen) atoms. The van der Waals surface area contributed by atoms with E-state index in [4.69, 9.17) is 4.74 Å². The summed E-state index contributed by atoms with van der Waals surface area (Å²) in [6.45, 7) is 7.79. The first-order chi connectivity index (χ1) is 10.2. The zero-order chi connectivity index (χ0) is 16.5. The molecule has 0 spiro atoms. The zero-order valence-corrected chi connectivity index (χ0v) is 13.7. The lowest BCUT2D eigenvalue weighted by Gasteiger charge is -2.24. The van der Waals surface area contributed by atoms with Gasteiger partial charge in [0, 0.05) is 38.7 Å². The van der Waals surface area contributed by atoms with Gasteiger partial charge in [-0.1, -0.05) is 32.9 Å². The van der Waals surface area contributed by atoms with Crippen molar-refractivity contribution in [2.75, 3.05) is 20.2 Å². The molecule has 0 aliphatic carbocycles. The van der Waals surface area contributed by atoms with Crippen molar-refractivity contribution in [1.29, 1.82) is 0 Å². The fourth-order valence-electron chi connectivity index (χ4n) is 2.83. The molecule has 1 unspecified atom stereocenters. The zero-order valence-electron chi connectivity index (χ0n) is 13.7. The topological polar surface area (TPSA) is 70.0 Å². The number of carbonyl (C=O) groups is 1. The second-order valence-electron chi connectivity index (χ2n) is 7.06. The number of benzene rings is 1. The quantitative estimate of drug-likeness (QED) is 0.893. The molecule has 5 heteroatoms. The van der Waals surface area contributed by atoms with Crippen LogP contribution in [0.25, 0.3) is 0 Å². The van der Waals surface area contributed by atoms with Gasteiger partial charge in [-0.3, -0.25) is 4.90 Å². The fourth-order valence-corrected chi connectivity index (χ4v) is 2.83. The van der Waals surface area contributed by atoms with Crippen LogP contribution in [0.15, 0.2) is 18.2 Å². The van der Waals surface area contributed by atoms with Gasteiger partial charge in [0.25, 0.3) is 0 Å². The number of phenols is 1. The summed E-state index contributed by atoms with van der Waals surface area (Å²) < 4.78 is 5.22. The molecular formula is C17H25NO4. The monoisotopic (exact) mass is 307 g/mol. The van der Waals surface area contributed by atoms with E-state index in [1.807, 2.05) is 17.0 Å². The van der Waals surface area contributed by atoms with Gasteiger partial charge in [-0.05, 0) is 17.0 Å². The van der Waals surface area contributed by atoms with Gasteiger partial charge in [0.1, 0.15) is 5.75 Å². The van der Waals surface area contributed by atoms with Crippen LogP contribution in [-0.2, 0) is 21.5 Å². The van der Waals surface area contributed by atoms with Crippen LogP contribution in [0.5, 0.6) is 5.75 Å². The third-order valence-corrected chi connectivity index (χ3v) is 4.44.